The molecule has 0 aliphatic carbocycles. The van der Waals surface area contributed by atoms with Crippen LogP contribution in [0.3, 0.4) is 0 Å². The van der Waals surface area contributed by atoms with Crippen LogP contribution in [0.4, 0.5) is 4.79 Å². The molecule has 30 heavy (non-hydrogen) atoms. The topological polar surface area (TPSA) is 64.7 Å². The Morgan fingerprint density at radius 2 is 1.93 bits per heavy atom. The first-order valence-electron chi connectivity index (χ1n) is 10.8. The monoisotopic (exact) mass is 446 g/mol. The zero-order valence-electron chi connectivity index (χ0n) is 17.3. The number of amides is 3. The molecule has 162 valence electrons. The van der Waals surface area contributed by atoms with Gasteiger partial charge in [-0.1, -0.05) is 6.07 Å². The largest absolute Gasteiger partial charge is 0.338 e. The second kappa shape index (κ2) is 10.4. The molecule has 0 radical (unpaired) electrons. The summed E-state index contributed by atoms with van der Waals surface area (Å²) in [5, 5.41) is 10.1. The lowest BCUT2D eigenvalue weighted by Crippen LogP contribution is -2.43. The zero-order valence-corrected chi connectivity index (χ0v) is 18.9. The highest BCUT2D eigenvalue weighted by molar-refractivity contribution is 7.10. The number of nitrogens with one attached hydrogen (secondary N) is 2. The molecule has 8 heteroatoms. The molecule has 2 aromatic heterocycles. The highest BCUT2D eigenvalue weighted by Crippen LogP contribution is 2.24. The average molecular weight is 447 g/mol. The van der Waals surface area contributed by atoms with E-state index in [0.717, 1.165) is 45.4 Å². The van der Waals surface area contributed by atoms with Crippen molar-refractivity contribution in [2.75, 3.05) is 32.7 Å². The first kappa shape index (κ1) is 21.3. The Morgan fingerprint density at radius 1 is 1.07 bits per heavy atom. The first-order chi connectivity index (χ1) is 14.7. The minimum Gasteiger partial charge on any atom is -0.338 e. The molecule has 0 aromatic carbocycles. The van der Waals surface area contributed by atoms with Crippen molar-refractivity contribution in [3.8, 4) is 0 Å². The van der Waals surface area contributed by atoms with E-state index in [1.165, 1.54) is 15.3 Å². The fourth-order valence-electron chi connectivity index (χ4n) is 4.17. The smallest absolute Gasteiger partial charge is 0.314 e. The maximum atomic E-state index is 12.4. The number of fused-ring (bicyclic) bond motifs is 1. The molecule has 0 bridgehead atoms. The number of urea groups is 1. The van der Waals surface area contributed by atoms with Gasteiger partial charge >= 0.3 is 6.03 Å². The fourth-order valence-corrected chi connectivity index (χ4v) is 5.81. The van der Waals surface area contributed by atoms with Gasteiger partial charge in [-0.3, -0.25) is 9.69 Å². The highest BCUT2D eigenvalue weighted by atomic mass is 32.1. The molecule has 0 saturated carbocycles. The van der Waals surface area contributed by atoms with E-state index in [9.17, 15) is 9.59 Å². The summed E-state index contributed by atoms with van der Waals surface area (Å²) < 4.78 is 0. The SMILES string of the molecule is O=C(NCCC(=O)N1CCc2sccc2C1)NCC1CCN(Cc2cccs2)CC1. The molecule has 0 spiro atoms. The molecule has 2 aliphatic heterocycles. The van der Waals surface area contributed by atoms with Crippen molar-refractivity contribution in [2.24, 2.45) is 5.92 Å². The Labute approximate surface area is 186 Å². The summed E-state index contributed by atoms with van der Waals surface area (Å²) in [6.07, 6.45) is 3.53. The fraction of sp³-hybridized carbons (Fsp3) is 0.545. The summed E-state index contributed by atoms with van der Waals surface area (Å²) in [4.78, 5) is 31.7. The standard InChI is InChI=1S/C22H30N4O2S2/c27-21(26-11-6-20-18(15-26)7-13-30-20)3-8-23-22(28)24-14-17-4-9-25(10-5-17)16-19-2-1-12-29-19/h1-2,7,12-13,17H,3-6,8-11,14-16H2,(H2,23,24,28). The lowest BCUT2D eigenvalue weighted by atomic mass is 9.97. The molecule has 6 nitrogen and oxygen atoms in total. The Kier molecular flexibility index (Phi) is 7.41. The molecule has 1 fully saturated rings. The van der Waals surface area contributed by atoms with Crippen LogP contribution in [0.25, 0.3) is 0 Å². The van der Waals surface area contributed by atoms with Crippen LogP contribution in [-0.2, 0) is 24.3 Å². The summed E-state index contributed by atoms with van der Waals surface area (Å²) in [5.41, 5.74) is 1.27. The van der Waals surface area contributed by atoms with Gasteiger partial charge in [0.05, 0.1) is 0 Å². The third-order valence-corrected chi connectivity index (χ3v) is 7.89. The summed E-state index contributed by atoms with van der Waals surface area (Å²) in [7, 11) is 0. The van der Waals surface area contributed by atoms with Crippen LogP contribution in [0.2, 0.25) is 0 Å². The zero-order chi connectivity index (χ0) is 20.8. The van der Waals surface area contributed by atoms with E-state index in [1.807, 2.05) is 16.2 Å². The van der Waals surface area contributed by atoms with Crippen LogP contribution in [-0.4, -0.2) is 54.5 Å². The van der Waals surface area contributed by atoms with Crippen molar-refractivity contribution in [2.45, 2.75) is 38.8 Å². The van der Waals surface area contributed by atoms with Crippen molar-refractivity contribution in [1.82, 2.24) is 20.4 Å². The lowest BCUT2D eigenvalue weighted by molar-refractivity contribution is -0.131. The molecule has 3 amide bonds. The Bertz CT molecular complexity index is 828. The quantitative estimate of drug-likeness (QED) is 0.686. The van der Waals surface area contributed by atoms with Gasteiger partial charge in [0.15, 0.2) is 0 Å². The van der Waals surface area contributed by atoms with E-state index < -0.39 is 0 Å². The van der Waals surface area contributed by atoms with Crippen LogP contribution < -0.4 is 10.6 Å². The third-order valence-electron chi connectivity index (χ3n) is 6.00. The summed E-state index contributed by atoms with van der Waals surface area (Å²) in [5.74, 6) is 0.649. The van der Waals surface area contributed by atoms with Crippen LogP contribution >= 0.6 is 22.7 Å². The molecule has 4 rings (SSSR count). The number of hydrogen-bond acceptors (Lipinski definition) is 5. The molecule has 0 unspecified atom stereocenters. The molecular formula is C22H30N4O2S2. The minimum atomic E-state index is -0.164. The number of likely N-dealkylation sites (tertiary alicyclic amines) is 1. The maximum absolute atomic E-state index is 12.4. The van der Waals surface area contributed by atoms with Gasteiger partial charge in [-0.05, 0) is 66.7 Å². The van der Waals surface area contributed by atoms with Gasteiger partial charge < -0.3 is 15.5 Å². The van der Waals surface area contributed by atoms with E-state index >= 15 is 0 Å². The van der Waals surface area contributed by atoms with Gasteiger partial charge in [0.25, 0.3) is 0 Å². The van der Waals surface area contributed by atoms with Gasteiger partial charge in [0, 0.05) is 48.9 Å². The predicted molar refractivity (Wildman–Crippen MR) is 122 cm³/mol. The average Bonchev–Trinajstić information content (AvgIpc) is 3.44. The molecule has 2 aromatic rings. The van der Waals surface area contributed by atoms with Gasteiger partial charge in [0.1, 0.15) is 0 Å². The van der Waals surface area contributed by atoms with Gasteiger partial charge in [0.2, 0.25) is 5.91 Å². The molecule has 4 heterocycles. The summed E-state index contributed by atoms with van der Waals surface area (Å²) in [6, 6.07) is 6.24. The van der Waals surface area contributed by atoms with Crippen LogP contribution in [0.1, 0.15) is 34.6 Å². The minimum absolute atomic E-state index is 0.116. The number of thiophene rings is 2. The van der Waals surface area contributed by atoms with E-state index in [0.29, 0.717) is 32.0 Å². The maximum Gasteiger partial charge on any atom is 0.314 e. The Morgan fingerprint density at radius 3 is 2.73 bits per heavy atom. The first-order valence-corrected chi connectivity index (χ1v) is 12.5. The number of nitrogens with zero attached hydrogens (tertiary/aromatic N) is 2. The van der Waals surface area contributed by atoms with Gasteiger partial charge in [-0.15, -0.1) is 22.7 Å². The number of piperidine rings is 1. The number of hydrogen-bond donors (Lipinski definition) is 2. The second-order valence-corrected chi connectivity index (χ2v) is 10.2. The summed E-state index contributed by atoms with van der Waals surface area (Å²) >= 11 is 3.59. The summed E-state index contributed by atoms with van der Waals surface area (Å²) in [6.45, 7) is 5.79. The molecule has 2 N–H and O–H groups in total. The van der Waals surface area contributed by atoms with E-state index in [-0.39, 0.29) is 11.9 Å². The Balaban J connectivity index is 1.07. The third kappa shape index (κ3) is 5.83. The molecule has 1 saturated heterocycles. The normalized spacial score (nSPS) is 17.5. The lowest BCUT2D eigenvalue weighted by Gasteiger charge is -2.31. The molecular weight excluding hydrogens is 416 g/mol. The number of carbonyl (C=O) groups is 2. The van der Waals surface area contributed by atoms with Crippen molar-refractivity contribution in [1.29, 1.82) is 0 Å². The molecule has 2 aliphatic rings. The highest BCUT2D eigenvalue weighted by Gasteiger charge is 2.22. The van der Waals surface area contributed by atoms with Crippen LogP contribution in [0.5, 0.6) is 0 Å². The van der Waals surface area contributed by atoms with Crippen molar-refractivity contribution >= 4 is 34.6 Å². The van der Waals surface area contributed by atoms with Gasteiger partial charge in [-0.25, -0.2) is 4.79 Å². The van der Waals surface area contributed by atoms with E-state index in [2.05, 4.69) is 44.5 Å². The van der Waals surface area contributed by atoms with E-state index in [1.54, 1.807) is 11.3 Å². The van der Waals surface area contributed by atoms with Crippen molar-refractivity contribution in [3.05, 3.63) is 44.3 Å². The van der Waals surface area contributed by atoms with E-state index in [4.69, 9.17) is 0 Å². The number of carbonyl (C=O) groups excluding carboxylic acids is 2. The predicted octanol–water partition coefficient (Wildman–Crippen LogP) is 3.30. The Hall–Kier alpha value is -1.90. The molecule has 0 atom stereocenters. The second-order valence-electron chi connectivity index (χ2n) is 8.12. The van der Waals surface area contributed by atoms with Crippen LogP contribution in [0.15, 0.2) is 29.0 Å². The van der Waals surface area contributed by atoms with Crippen molar-refractivity contribution in [3.63, 3.8) is 0 Å². The van der Waals surface area contributed by atoms with Gasteiger partial charge in [-0.2, -0.15) is 0 Å². The number of rotatable bonds is 7. The van der Waals surface area contributed by atoms with Crippen molar-refractivity contribution < 1.29 is 9.59 Å². The van der Waals surface area contributed by atoms with Crippen LogP contribution in [0, 0.1) is 5.92 Å².